The first-order valence-corrected chi connectivity index (χ1v) is 7.74. The molecule has 2 nitrogen and oxygen atoms in total. The minimum absolute atomic E-state index is 0.575. The molecule has 0 amide bonds. The maximum absolute atomic E-state index is 4.13. The molecule has 18 heavy (non-hydrogen) atoms. The monoisotopic (exact) mass is 260 g/mol. The van der Waals surface area contributed by atoms with Gasteiger partial charge in [0.1, 0.15) is 0 Å². The Morgan fingerprint density at radius 3 is 3.00 bits per heavy atom. The van der Waals surface area contributed by atoms with E-state index in [1.165, 1.54) is 28.5 Å². The number of nitrogens with zero attached hydrogens (tertiary/aromatic N) is 1. The number of fused-ring (bicyclic) bond motifs is 1. The van der Waals surface area contributed by atoms with Crippen LogP contribution in [0.4, 0.5) is 0 Å². The topological polar surface area (TPSA) is 24.9 Å². The Bertz CT molecular complexity index is 499. The number of thioether (sulfide) groups is 1. The van der Waals surface area contributed by atoms with Crippen molar-refractivity contribution in [2.45, 2.75) is 25.9 Å². The smallest absolute Gasteiger partial charge is 0.0346 e. The molecule has 0 saturated carbocycles. The lowest BCUT2D eigenvalue weighted by molar-refractivity contribution is 0.538. The summed E-state index contributed by atoms with van der Waals surface area (Å²) in [5.74, 6) is 1.22. The van der Waals surface area contributed by atoms with Gasteiger partial charge < -0.3 is 5.32 Å². The van der Waals surface area contributed by atoms with Crippen LogP contribution in [0.3, 0.4) is 0 Å². The molecule has 3 heteroatoms. The van der Waals surface area contributed by atoms with E-state index in [0.717, 1.165) is 6.54 Å². The Hall–Kier alpha value is -1.06. The summed E-state index contributed by atoms with van der Waals surface area (Å²) >= 11 is 1.91. The van der Waals surface area contributed by atoms with Gasteiger partial charge in [0.25, 0.3) is 0 Å². The zero-order valence-corrected chi connectivity index (χ0v) is 11.8. The molecule has 1 aromatic carbocycles. The van der Waals surface area contributed by atoms with Gasteiger partial charge in [-0.15, -0.1) is 0 Å². The molecule has 0 aliphatic heterocycles. The van der Waals surface area contributed by atoms with Crippen LogP contribution < -0.4 is 5.32 Å². The van der Waals surface area contributed by atoms with Crippen LogP contribution in [0.2, 0.25) is 0 Å². The molecule has 1 unspecified atom stereocenters. The molecule has 1 heterocycles. The van der Waals surface area contributed by atoms with E-state index in [4.69, 9.17) is 0 Å². The van der Waals surface area contributed by atoms with Crippen molar-refractivity contribution in [3.8, 4) is 0 Å². The third kappa shape index (κ3) is 3.72. The van der Waals surface area contributed by atoms with Gasteiger partial charge in [-0.25, -0.2) is 0 Å². The van der Waals surface area contributed by atoms with Crippen molar-refractivity contribution < 1.29 is 0 Å². The molecule has 1 aromatic heterocycles. The maximum atomic E-state index is 4.13. The Kier molecular flexibility index (Phi) is 5.02. The average molecular weight is 260 g/mol. The van der Waals surface area contributed by atoms with Crippen molar-refractivity contribution in [3.05, 3.63) is 42.2 Å². The van der Waals surface area contributed by atoms with Crippen molar-refractivity contribution >= 4 is 22.5 Å². The Balaban J connectivity index is 1.95. The lowest BCUT2D eigenvalue weighted by atomic mass is 10.1. The highest BCUT2D eigenvalue weighted by atomic mass is 32.2. The molecular formula is C15H20N2S. The Morgan fingerprint density at radius 1 is 1.28 bits per heavy atom. The molecule has 0 spiro atoms. The highest BCUT2D eigenvalue weighted by Gasteiger charge is 2.01. The summed E-state index contributed by atoms with van der Waals surface area (Å²) in [7, 11) is 0. The lowest BCUT2D eigenvalue weighted by Gasteiger charge is -2.13. The lowest BCUT2D eigenvalue weighted by Crippen LogP contribution is -2.25. The normalized spacial score (nSPS) is 12.8. The predicted molar refractivity (Wildman–Crippen MR) is 81.0 cm³/mol. The molecule has 96 valence electrons. The first-order valence-electron chi connectivity index (χ1n) is 6.34. The van der Waals surface area contributed by atoms with Gasteiger partial charge in [-0.1, -0.05) is 12.1 Å². The van der Waals surface area contributed by atoms with Crippen LogP contribution in [-0.4, -0.2) is 23.0 Å². The molecule has 0 fully saturated rings. The summed E-state index contributed by atoms with van der Waals surface area (Å²) in [6.07, 6.45) is 7.14. The SMILES string of the molecule is CSCCC(C)NCc1ccc2cnccc2c1. The average Bonchev–Trinajstić information content (AvgIpc) is 2.42. The van der Waals surface area contributed by atoms with E-state index in [1.807, 2.05) is 24.2 Å². The fourth-order valence-corrected chi connectivity index (χ4v) is 2.52. The molecule has 2 aromatic rings. The molecule has 0 saturated heterocycles. The van der Waals surface area contributed by atoms with E-state index in [1.54, 1.807) is 0 Å². The summed E-state index contributed by atoms with van der Waals surface area (Å²) < 4.78 is 0. The number of benzene rings is 1. The standard InChI is InChI=1S/C15H20N2S/c1-12(6-8-18-2)17-10-13-3-4-15-11-16-7-5-14(15)9-13/h3-5,7,9,11-12,17H,6,8,10H2,1-2H3. The van der Waals surface area contributed by atoms with Crippen LogP contribution in [0.5, 0.6) is 0 Å². The number of hydrogen-bond acceptors (Lipinski definition) is 3. The number of nitrogens with one attached hydrogen (secondary N) is 1. The minimum Gasteiger partial charge on any atom is -0.310 e. The summed E-state index contributed by atoms with van der Waals surface area (Å²) in [5.41, 5.74) is 1.34. The third-order valence-corrected chi connectivity index (χ3v) is 3.76. The summed E-state index contributed by atoms with van der Waals surface area (Å²) in [5, 5.41) is 6.04. The number of hydrogen-bond donors (Lipinski definition) is 1. The van der Waals surface area contributed by atoms with E-state index in [-0.39, 0.29) is 0 Å². The highest BCUT2D eigenvalue weighted by molar-refractivity contribution is 7.98. The summed E-state index contributed by atoms with van der Waals surface area (Å²) in [6.45, 7) is 3.19. The zero-order valence-electron chi connectivity index (χ0n) is 11.0. The van der Waals surface area contributed by atoms with Crippen LogP contribution in [0.15, 0.2) is 36.7 Å². The molecule has 0 aliphatic carbocycles. The van der Waals surface area contributed by atoms with E-state index in [0.29, 0.717) is 6.04 Å². The van der Waals surface area contributed by atoms with Gasteiger partial charge in [-0.3, -0.25) is 4.98 Å². The van der Waals surface area contributed by atoms with Crippen LogP contribution >= 0.6 is 11.8 Å². The fourth-order valence-electron chi connectivity index (χ4n) is 1.93. The van der Waals surface area contributed by atoms with Crippen LogP contribution in [0, 0.1) is 0 Å². The predicted octanol–water partition coefficient (Wildman–Crippen LogP) is 3.47. The van der Waals surface area contributed by atoms with Gasteiger partial charge in [0.15, 0.2) is 0 Å². The van der Waals surface area contributed by atoms with E-state index in [2.05, 4.69) is 47.7 Å². The van der Waals surface area contributed by atoms with Gasteiger partial charge >= 0.3 is 0 Å². The fraction of sp³-hybridized carbons (Fsp3) is 0.400. The first kappa shape index (κ1) is 13.4. The van der Waals surface area contributed by atoms with Crippen LogP contribution in [0.1, 0.15) is 18.9 Å². The third-order valence-electron chi connectivity index (χ3n) is 3.11. The summed E-state index contributed by atoms with van der Waals surface area (Å²) in [4.78, 5) is 4.13. The Labute approximate surface area is 113 Å². The minimum atomic E-state index is 0.575. The van der Waals surface area contributed by atoms with E-state index in [9.17, 15) is 0 Å². The second-order valence-electron chi connectivity index (χ2n) is 4.62. The molecule has 1 atom stereocenters. The number of pyridine rings is 1. The molecule has 1 N–H and O–H groups in total. The quantitative estimate of drug-likeness (QED) is 0.861. The van der Waals surface area contributed by atoms with Crippen LogP contribution in [0.25, 0.3) is 10.8 Å². The molecular weight excluding hydrogens is 240 g/mol. The van der Waals surface area contributed by atoms with Crippen LogP contribution in [-0.2, 0) is 6.54 Å². The van der Waals surface area contributed by atoms with E-state index >= 15 is 0 Å². The maximum Gasteiger partial charge on any atom is 0.0346 e. The number of rotatable bonds is 6. The van der Waals surface area contributed by atoms with Gasteiger partial charge in [0, 0.05) is 30.4 Å². The van der Waals surface area contributed by atoms with Crippen molar-refractivity contribution in [1.29, 1.82) is 0 Å². The molecule has 0 aliphatic rings. The first-order chi connectivity index (χ1) is 8.79. The number of aromatic nitrogens is 1. The molecule has 0 bridgehead atoms. The van der Waals surface area contributed by atoms with Gasteiger partial charge in [-0.2, -0.15) is 11.8 Å². The van der Waals surface area contributed by atoms with Crippen molar-refractivity contribution in [2.24, 2.45) is 0 Å². The van der Waals surface area contributed by atoms with Gasteiger partial charge in [0.05, 0.1) is 0 Å². The summed E-state index contributed by atoms with van der Waals surface area (Å²) in [6, 6.07) is 9.21. The zero-order chi connectivity index (χ0) is 12.8. The molecule has 0 radical (unpaired) electrons. The van der Waals surface area contributed by atoms with Crippen molar-refractivity contribution in [1.82, 2.24) is 10.3 Å². The highest BCUT2D eigenvalue weighted by Crippen LogP contribution is 2.14. The second-order valence-corrected chi connectivity index (χ2v) is 5.61. The van der Waals surface area contributed by atoms with Gasteiger partial charge in [0.2, 0.25) is 0 Å². The second kappa shape index (κ2) is 6.76. The Morgan fingerprint density at radius 2 is 2.17 bits per heavy atom. The van der Waals surface area contributed by atoms with E-state index < -0.39 is 0 Å². The molecule has 2 rings (SSSR count). The largest absolute Gasteiger partial charge is 0.310 e. The van der Waals surface area contributed by atoms with Crippen molar-refractivity contribution in [3.63, 3.8) is 0 Å². The van der Waals surface area contributed by atoms with Gasteiger partial charge in [-0.05, 0) is 48.4 Å². The van der Waals surface area contributed by atoms with Crippen molar-refractivity contribution in [2.75, 3.05) is 12.0 Å².